The third-order valence-electron chi connectivity index (χ3n) is 4.03. The summed E-state index contributed by atoms with van der Waals surface area (Å²) in [6.45, 7) is 6.70. The maximum atomic E-state index is 12.1. The fraction of sp³-hybridized carbons (Fsp3) is 0.471. The van der Waals surface area contributed by atoms with Gasteiger partial charge < -0.3 is 0 Å². The van der Waals surface area contributed by atoms with E-state index in [0.29, 0.717) is 5.92 Å². The number of allylic oxidation sites excluding steroid dienone is 2. The van der Waals surface area contributed by atoms with E-state index in [9.17, 15) is 8.42 Å². The van der Waals surface area contributed by atoms with Crippen molar-refractivity contribution in [2.75, 3.05) is 0 Å². The normalized spacial score (nSPS) is 20.5. The van der Waals surface area contributed by atoms with Gasteiger partial charge in [-0.15, -0.1) is 0 Å². The third kappa shape index (κ3) is 4.27. The van der Waals surface area contributed by atoms with Gasteiger partial charge in [0.05, 0.1) is 4.90 Å². The first kappa shape index (κ1) is 16.0. The number of sulfonamides is 1. The molecule has 1 atom stereocenters. The number of hydrogen-bond donors (Lipinski definition) is 0. The van der Waals surface area contributed by atoms with Gasteiger partial charge in [0.25, 0.3) is 10.0 Å². The van der Waals surface area contributed by atoms with E-state index in [0.717, 1.165) is 24.8 Å². The maximum Gasteiger partial charge on any atom is 0.282 e. The summed E-state index contributed by atoms with van der Waals surface area (Å²) in [6.07, 6.45) is 6.69. The second-order valence-electron chi connectivity index (χ2n) is 6.65. The molecule has 0 saturated carbocycles. The minimum atomic E-state index is -3.58. The Hall–Kier alpha value is -1.42. The van der Waals surface area contributed by atoms with Gasteiger partial charge in [-0.05, 0) is 48.3 Å². The summed E-state index contributed by atoms with van der Waals surface area (Å²) >= 11 is 0. The molecule has 3 nitrogen and oxygen atoms in total. The Balaban J connectivity index is 2.13. The van der Waals surface area contributed by atoms with Gasteiger partial charge in [-0.2, -0.15) is 12.8 Å². The monoisotopic (exact) mass is 305 g/mol. The highest BCUT2D eigenvalue weighted by molar-refractivity contribution is 7.90. The molecule has 21 heavy (non-hydrogen) atoms. The molecule has 0 aromatic heterocycles. The highest BCUT2D eigenvalue weighted by Gasteiger charge is 2.26. The van der Waals surface area contributed by atoms with Crippen LogP contribution in [0.2, 0.25) is 0 Å². The van der Waals surface area contributed by atoms with Crippen LogP contribution in [-0.4, -0.2) is 14.6 Å². The number of nitrogens with zero attached hydrogens (tertiary/aromatic N) is 1. The van der Waals surface area contributed by atoms with Gasteiger partial charge in [0.1, 0.15) is 0 Å². The lowest BCUT2D eigenvalue weighted by molar-refractivity contribution is 0.221. The van der Waals surface area contributed by atoms with Crippen molar-refractivity contribution in [3.05, 3.63) is 42.0 Å². The van der Waals surface area contributed by atoms with Gasteiger partial charge in [0.15, 0.2) is 0 Å². The molecule has 1 aliphatic rings. The van der Waals surface area contributed by atoms with Crippen LogP contribution in [-0.2, 0) is 10.0 Å². The molecule has 2 rings (SSSR count). The minimum Gasteiger partial charge on any atom is -0.199 e. The molecule has 0 amide bonds. The second-order valence-corrected chi connectivity index (χ2v) is 8.28. The topological polar surface area (TPSA) is 46.5 Å². The van der Waals surface area contributed by atoms with Crippen molar-refractivity contribution in [2.45, 2.75) is 44.9 Å². The lowest BCUT2D eigenvalue weighted by Crippen LogP contribution is -2.23. The quantitative estimate of drug-likeness (QED) is 0.785. The van der Waals surface area contributed by atoms with E-state index in [1.54, 1.807) is 30.3 Å². The molecule has 0 spiro atoms. The Morgan fingerprint density at radius 3 is 2.48 bits per heavy atom. The van der Waals surface area contributed by atoms with Crippen LogP contribution in [0, 0.1) is 11.3 Å². The summed E-state index contributed by atoms with van der Waals surface area (Å²) in [7, 11) is -3.58. The first-order valence-corrected chi connectivity index (χ1v) is 8.77. The zero-order valence-electron chi connectivity index (χ0n) is 12.9. The van der Waals surface area contributed by atoms with E-state index in [1.165, 1.54) is 6.21 Å². The third-order valence-corrected chi connectivity index (χ3v) is 5.28. The average molecular weight is 305 g/mol. The van der Waals surface area contributed by atoms with Gasteiger partial charge in [0.2, 0.25) is 0 Å². The molecular formula is C17H23NO2S. The van der Waals surface area contributed by atoms with Gasteiger partial charge in [-0.1, -0.05) is 45.0 Å². The molecular weight excluding hydrogens is 282 g/mol. The molecule has 114 valence electrons. The zero-order valence-corrected chi connectivity index (χ0v) is 13.7. The van der Waals surface area contributed by atoms with Crippen molar-refractivity contribution in [3.63, 3.8) is 0 Å². The molecule has 0 N–H and O–H groups in total. The summed E-state index contributed by atoms with van der Waals surface area (Å²) < 4.78 is 28.1. The highest BCUT2D eigenvalue weighted by Crippen LogP contribution is 2.37. The first-order valence-electron chi connectivity index (χ1n) is 7.33. The van der Waals surface area contributed by atoms with Gasteiger partial charge in [-0.25, -0.2) is 0 Å². The lowest BCUT2D eigenvalue weighted by atomic mass is 9.72. The predicted molar refractivity (Wildman–Crippen MR) is 87.0 cm³/mol. The van der Waals surface area contributed by atoms with Gasteiger partial charge in [-0.3, -0.25) is 0 Å². The van der Waals surface area contributed by atoms with Crippen molar-refractivity contribution in [2.24, 2.45) is 15.7 Å². The zero-order chi connectivity index (χ0) is 15.5. The number of rotatable bonds is 3. The molecule has 0 heterocycles. The summed E-state index contributed by atoms with van der Waals surface area (Å²) in [5.74, 6) is 0.573. The standard InChI is InChI=1S/C17H23NO2S/c1-17(2,3)15-9-7-8-14(12-15)13-18-21(19,20)16-10-5-4-6-11-16/h4-6,8,10-11,13,15H,7,9,12H2,1-3H3/b18-13+/t15-/m0/s1. The molecule has 0 fully saturated rings. The van der Waals surface area contributed by atoms with Crippen molar-refractivity contribution in [1.29, 1.82) is 0 Å². The van der Waals surface area contributed by atoms with Crippen LogP contribution in [0.4, 0.5) is 0 Å². The van der Waals surface area contributed by atoms with E-state index in [4.69, 9.17) is 0 Å². The van der Waals surface area contributed by atoms with E-state index in [-0.39, 0.29) is 10.3 Å². The first-order chi connectivity index (χ1) is 9.79. The summed E-state index contributed by atoms with van der Waals surface area (Å²) in [6, 6.07) is 8.34. The van der Waals surface area contributed by atoms with Crippen LogP contribution in [0.1, 0.15) is 40.0 Å². The van der Waals surface area contributed by atoms with Crippen LogP contribution in [0.15, 0.2) is 51.3 Å². The average Bonchev–Trinajstić information content (AvgIpc) is 2.46. The second kappa shape index (κ2) is 6.14. The molecule has 0 aliphatic heterocycles. The Kier molecular flexibility index (Phi) is 4.67. The summed E-state index contributed by atoms with van der Waals surface area (Å²) in [5, 5.41) is 0. The fourth-order valence-corrected chi connectivity index (χ4v) is 3.47. The van der Waals surface area contributed by atoms with Crippen LogP contribution < -0.4 is 0 Å². The molecule has 0 radical (unpaired) electrons. The van der Waals surface area contributed by atoms with E-state index in [1.807, 2.05) is 0 Å². The minimum absolute atomic E-state index is 0.241. The SMILES string of the molecule is CC(C)(C)[C@H]1CCC=C(/C=N/S(=O)(=O)c2ccccc2)C1. The van der Waals surface area contributed by atoms with Crippen LogP contribution in [0.25, 0.3) is 0 Å². The number of hydrogen-bond acceptors (Lipinski definition) is 2. The van der Waals surface area contributed by atoms with Crippen molar-refractivity contribution < 1.29 is 8.42 Å². The maximum absolute atomic E-state index is 12.1. The molecule has 0 bridgehead atoms. The van der Waals surface area contributed by atoms with E-state index in [2.05, 4.69) is 31.2 Å². The van der Waals surface area contributed by atoms with Crippen molar-refractivity contribution in [1.82, 2.24) is 0 Å². The van der Waals surface area contributed by atoms with E-state index < -0.39 is 10.0 Å². The summed E-state index contributed by atoms with van der Waals surface area (Å²) in [5.41, 5.74) is 1.27. The van der Waals surface area contributed by atoms with E-state index >= 15 is 0 Å². The van der Waals surface area contributed by atoms with Crippen LogP contribution in [0.3, 0.4) is 0 Å². The highest BCUT2D eigenvalue weighted by atomic mass is 32.2. The van der Waals surface area contributed by atoms with Crippen molar-refractivity contribution >= 4 is 16.2 Å². The molecule has 4 heteroatoms. The van der Waals surface area contributed by atoms with Crippen LogP contribution >= 0.6 is 0 Å². The number of benzene rings is 1. The largest absolute Gasteiger partial charge is 0.282 e. The molecule has 0 unspecified atom stereocenters. The predicted octanol–water partition coefficient (Wildman–Crippen LogP) is 4.22. The molecule has 1 aromatic carbocycles. The van der Waals surface area contributed by atoms with Gasteiger partial charge in [0, 0.05) is 6.21 Å². The Bertz CT molecular complexity index is 637. The Labute approximate surface area is 127 Å². The van der Waals surface area contributed by atoms with Gasteiger partial charge >= 0.3 is 0 Å². The van der Waals surface area contributed by atoms with Crippen LogP contribution in [0.5, 0.6) is 0 Å². The fourth-order valence-electron chi connectivity index (χ4n) is 2.57. The Morgan fingerprint density at radius 2 is 1.86 bits per heavy atom. The molecule has 1 aliphatic carbocycles. The molecule has 0 saturated heterocycles. The summed E-state index contributed by atoms with van der Waals surface area (Å²) in [4.78, 5) is 0.241. The Morgan fingerprint density at radius 1 is 1.19 bits per heavy atom. The molecule has 1 aromatic rings. The lowest BCUT2D eigenvalue weighted by Gasteiger charge is -2.33. The van der Waals surface area contributed by atoms with Crippen molar-refractivity contribution in [3.8, 4) is 0 Å². The smallest absolute Gasteiger partial charge is 0.199 e.